The van der Waals surface area contributed by atoms with Crippen molar-refractivity contribution < 1.29 is 31.1 Å². The molecular weight excluding hydrogens is 684 g/mol. The first-order valence-corrected chi connectivity index (χ1v) is 16.5. The highest BCUT2D eigenvalue weighted by Gasteiger charge is 2.49. The van der Waals surface area contributed by atoms with Crippen molar-refractivity contribution in [3.05, 3.63) is 58.4 Å². The molecule has 0 aliphatic carbocycles. The highest BCUT2D eigenvalue weighted by Crippen LogP contribution is 2.48. The zero-order valence-electron chi connectivity index (χ0n) is 26.0. The molecule has 8 rings (SSSR count). The van der Waals surface area contributed by atoms with Crippen LogP contribution in [-0.2, 0) is 19.3 Å². The summed E-state index contributed by atoms with van der Waals surface area (Å²) in [4.78, 5) is 12.4. The SMILES string of the molecule is N#Cc1cnn2c1CN(c1nc(OCC34CCCN3CC(F)C4)nc3c(F)c(-c4ccc(F)c5sc(N)c(C#N)c45)c(C(F)(F)F)cc13)CC2. The lowest BCUT2D eigenvalue weighted by Crippen LogP contribution is -2.43. The van der Waals surface area contributed by atoms with Gasteiger partial charge in [0.05, 0.1) is 51.9 Å². The molecule has 3 aromatic heterocycles. The zero-order chi connectivity index (χ0) is 35.1. The maximum absolute atomic E-state index is 17.1. The van der Waals surface area contributed by atoms with E-state index in [0.717, 1.165) is 24.6 Å². The molecule has 2 N–H and O–H groups in total. The lowest BCUT2D eigenvalue weighted by atomic mass is 9.92. The first-order valence-electron chi connectivity index (χ1n) is 15.7. The monoisotopic (exact) mass is 709 g/mol. The number of thiophene rings is 1. The third-order valence-corrected chi connectivity index (χ3v) is 10.9. The molecule has 50 heavy (non-hydrogen) atoms. The summed E-state index contributed by atoms with van der Waals surface area (Å²) in [5, 5.41) is 23.0. The van der Waals surface area contributed by atoms with Crippen LogP contribution in [0.2, 0.25) is 0 Å². The van der Waals surface area contributed by atoms with Crippen molar-refractivity contribution in [1.82, 2.24) is 24.6 Å². The summed E-state index contributed by atoms with van der Waals surface area (Å²) in [7, 11) is 0. The van der Waals surface area contributed by atoms with Crippen molar-refractivity contribution in [2.75, 3.05) is 36.9 Å². The third kappa shape index (κ3) is 4.90. The van der Waals surface area contributed by atoms with Gasteiger partial charge >= 0.3 is 12.2 Å². The number of nitriles is 2. The van der Waals surface area contributed by atoms with E-state index in [4.69, 9.17) is 10.5 Å². The number of halogens is 6. The Bertz CT molecular complexity index is 2310. The normalized spacial score (nSPS) is 20.6. The molecule has 5 aromatic rings. The summed E-state index contributed by atoms with van der Waals surface area (Å²) in [5.41, 5.74) is 2.55. The van der Waals surface area contributed by atoms with Gasteiger partial charge in [-0.2, -0.15) is 38.8 Å². The van der Waals surface area contributed by atoms with Gasteiger partial charge in [0.15, 0.2) is 5.82 Å². The lowest BCUT2D eigenvalue weighted by molar-refractivity contribution is -0.137. The number of nitrogens with zero attached hydrogens (tertiary/aromatic N) is 8. The number of anilines is 2. The van der Waals surface area contributed by atoms with E-state index in [1.54, 1.807) is 9.58 Å². The number of alkyl halides is 4. The highest BCUT2D eigenvalue weighted by molar-refractivity contribution is 7.23. The van der Waals surface area contributed by atoms with E-state index < -0.39 is 46.2 Å². The van der Waals surface area contributed by atoms with E-state index in [2.05, 4.69) is 21.1 Å². The van der Waals surface area contributed by atoms with Crippen LogP contribution in [-0.4, -0.2) is 62.6 Å². The van der Waals surface area contributed by atoms with Crippen LogP contribution >= 0.6 is 11.3 Å². The Labute approximate surface area is 283 Å². The van der Waals surface area contributed by atoms with Gasteiger partial charge in [0, 0.05) is 35.8 Å². The Morgan fingerprint density at radius 2 is 1.94 bits per heavy atom. The molecule has 0 bridgehead atoms. The molecule has 2 saturated heterocycles. The third-order valence-electron chi connectivity index (χ3n) is 9.92. The summed E-state index contributed by atoms with van der Waals surface area (Å²) in [6.45, 7) is 1.35. The van der Waals surface area contributed by atoms with Gasteiger partial charge in [-0.1, -0.05) is 6.07 Å². The van der Waals surface area contributed by atoms with Crippen LogP contribution in [0.25, 0.3) is 32.1 Å². The fourth-order valence-electron chi connectivity index (χ4n) is 7.66. The Kier molecular flexibility index (Phi) is 7.36. The number of ether oxygens (including phenoxy) is 1. The van der Waals surface area contributed by atoms with Gasteiger partial charge in [-0.05, 0) is 37.1 Å². The molecule has 6 heterocycles. The summed E-state index contributed by atoms with van der Waals surface area (Å²) in [6.07, 6.45) is -3.10. The molecular formula is C33H25F6N9OS. The minimum absolute atomic E-state index is 0.0126. The molecule has 3 aliphatic heterocycles. The zero-order valence-corrected chi connectivity index (χ0v) is 26.8. The first kappa shape index (κ1) is 32.1. The minimum Gasteiger partial charge on any atom is -0.461 e. The van der Waals surface area contributed by atoms with Gasteiger partial charge in [-0.3, -0.25) is 9.58 Å². The molecule has 2 fully saturated rings. The predicted octanol–water partition coefficient (Wildman–Crippen LogP) is 6.31. The van der Waals surface area contributed by atoms with Crippen molar-refractivity contribution in [1.29, 1.82) is 10.5 Å². The smallest absolute Gasteiger partial charge is 0.417 e. The molecule has 17 heteroatoms. The fourth-order valence-corrected chi connectivity index (χ4v) is 8.61. The van der Waals surface area contributed by atoms with Gasteiger partial charge in [0.25, 0.3) is 0 Å². The predicted molar refractivity (Wildman–Crippen MR) is 171 cm³/mol. The Morgan fingerprint density at radius 1 is 1.12 bits per heavy atom. The average Bonchev–Trinajstić information content (AvgIpc) is 3.83. The average molecular weight is 710 g/mol. The largest absolute Gasteiger partial charge is 0.461 e. The second-order valence-corrected chi connectivity index (χ2v) is 13.8. The van der Waals surface area contributed by atoms with E-state index in [0.29, 0.717) is 30.0 Å². The number of hydrogen-bond acceptors (Lipinski definition) is 10. The van der Waals surface area contributed by atoms with Crippen molar-refractivity contribution in [2.24, 2.45) is 0 Å². The van der Waals surface area contributed by atoms with Crippen LogP contribution in [0.15, 0.2) is 24.4 Å². The van der Waals surface area contributed by atoms with E-state index in [9.17, 15) is 32.5 Å². The Balaban J connectivity index is 1.35. The fraction of sp³-hybridized carbons (Fsp3) is 0.364. The molecule has 2 atom stereocenters. The molecule has 2 unspecified atom stereocenters. The Hall–Kier alpha value is -5.13. The first-order chi connectivity index (χ1) is 23.9. The number of nitrogens with two attached hydrogens (primary N) is 1. The van der Waals surface area contributed by atoms with Crippen molar-refractivity contribution >= 4 is 43.1 Å². The van der Waals surface area contributed by atoms with E-state index in [1.165, 1.54) is 6.20 Å². The molecule has 0 amide bonds. The van der Waals surface area contributed by atoms with Crippen molar-refractivity contribution in [3.63, 3.8) is 0 Å². The second kappa shape index (κ2) is 11.5. The molecule has 2 aromatic carbocycles. The number of fused-ring (bicyclic) bond motifs is 4. The quantitative estimate of drug-likeness (QED) is 0.209. The maximum atomic E-state index is 17.1. The lowest BCUT2D eigenvalue weighted by Gasteiger charge is -2.32. The van der Waals surface area contributed by atoms with Gasteiger partial charge in [-0.25, -0.2) is 13.2 Å². The van der Waals surface area contributed by atoms with Gasteiger partial charge in [0.1, 0.15) is 47.1 Å². The highest BCUT2D eigenvalue weighted by atomic mass is 32.1. The minimum atomic E-state index is -5.13. The molecule has 3 aliphatic rings. The van der Waals surface area contributed by atoms with Gasteiger partial charge in [0.2, 0.25) is 0 Å². The standard InChI is InChI=1S/C33H25F6N9OS/c34-17-9-32(4-1-5-47(32)13-17)15-49-31-44-27-19(30(45-31)46-6-7-48-23(14-46)16(10-40)12-43-48)8-21(33(37,38)39)25(26(27)36)18-2-3-22(35)28-24(18)20(11-41)29(42)50-28/h2-3,8,12,17H,1,4-7,9,13-15,42H2. The number of hydrogen-bond donors (Lipinski definition) is 1. The van der Waals surface area contributed by atoms with Crippen molar-refractivity contribution in [2.45, 2.75) is 50.2 Å². The van der Waals surface area contributed by atoms with E-state index >= 15 is 4.39 Å². The van der Waals surface area contributed by atoms with E-state index in [1.807, 2.05) is 11.0 Å². The van der Waals surface area contributed by atoms with Crippen LogP contribution in [0.5, 0.6) is 6.01 Å². The number of rotatable bonds is 5. The summed E-state index contributed by atoms with van der Waals surface area (Å²) < 4.78 is 98.9. The molecule has 10 nitrogen and oxygen atoms in total. The van der Waals surface area contributed by atoms with E-state index in [-0.39, 0.29) is 88.2 Å². The number of aromatic nitrogens is 4. The summed E-state index contributed by atoms with van der Waals surface area (Å²) in [5.74, 6) is -2.30. The van der Waals surface area contributed by atoms with Crippen molar-refractivity contribution in [3.8, 4) is 29.3 Å². The van der Waals surface area contributed by atoms with Crippen LogP contribution in [0.4, 0.5) is 37.2 Å². The Morgan fingerprint density at radius 3 is 2.70 bits per heavy atom. The van der Waals surface area contributed by atoms with Crippen LogP contribution in [0.1, 0.15) is 41.6 Å². The number of benzene rings is 2. The van der Waals surface area contributed by atoms with Crippen LogP contribution in [0.3, 0.4) is 0 Å². The number of nitrogen functional groups attached to an aromatic ring is 1. The molecule has 256 valence electrons. The molecule has 0 saturated carbocycles. The summed E-state index contributed by atoms with van der Waals surface area (Å²) >= 11 is 0.673. The van der Waals surface area contributed by atoms with Crippen LogP contribution < -0.4 is 15.4 Å². The second-order valence-electron chi connectivity index (χ2n) is 12.7. The summed E-state index contributed by atoms with van der Waals surface area (Å²) in [6, 6.07) is 6.16. The van der Waals surface area contributed by atoms with Gasteiger partial charge < -0.3 is 15.4 Å². The maximum Gasteiger partial charge on any atom is 0.417 e. The van der Waals surface area contributed by atoms with Crippen LogP contribution in [0, 0.1) is 34.3 Å². The van der Waals surface area contributed by atoms with Gasteiger partial charge in [-0.15, -0.1) is 11.3 Å². The molecule has 0 radical (unpaired) electrons. The topological polar surface area (TPSA) is 133 Å². The molecule has 0 spiro atoms.